The van der Waals surface area contributed by atoms with E-state index in [2.05, 4.69) is 23.9 Å². The minimum Gasteiger partial charge on any atom is -0.313 e. The van der Waals surface area contributed by atoms with E-state index in [1.165, 1.54) is 25.7 Å². The summed E-state index contributed by atoms with van der Waals surface area (Å²) in [4.78, 5) is 0. The lowest BCUT2D eigenvalue weighted by Gasteiger charge is -2.35. The van der Waals surface area contributed by atoms with E-state index in [1.54, 1.807) is 6.92 Å². The van der Waals surface area contributed by atoms with E-state index in [0.29, 0.717) is 31.0 Å². The van der Waals surface area contributed by atoms with Gasteiger partial charge >= 0.3 is 0 Å². The van der Waals surface area contributed by atoms with Crippen molar-refractivity contribution in [1.82, 2.24) is 10.0 Å². The quantitative estimate of drug-likeness (QED) is 0.744. The van der Waals surface area contributed by atoms with Gasteiger partial charge in [0.15, 0.2) is 0 Å². The first-order valence-electron chi connectivity index (χ1n) is 7.17. The summed E-state index contributed by atoms with van der Waals surface area (Å²) < 4.78 is 25.6. The van der Waals surface area contributed by atoms with E-state index in [1.807, 2.05) is 0 Å². The van der Waals surface area contributed by atoms with Gasteiger partial charge in [0.2, 0.25) is 10.0 Å². The largest absolute Gasteiger partial charge is 0.313 e. The molecule has 1 aliphatic carbocycles. The molecule has 0 saturated heterocycles. The van der Waals surface area contributed by atoms with Crippen LogP contribution in [-0.2, 0) is 10.0 Å². The van der Waals surface area contributed by atoms with Gasteiger partial charge in [0.1, 0.15) is 0 Å². The molecule has 0 aromatic carbocycles. The molecule has 0 heterocycles. The molecule has 5 heteroatoms. The summed E-state index contributed by atoms with van der Waals surface area (Å²) in [6.45, 7) is 7.37. The Morgan fingerprint density at radius 3 is 2.50 bits per heavy atom. The molecule has 0 amide bonds. The average Bonchev–Trinajstić information content (AvgIpc) is 2.29. The van der Waals surface area contributed by atoms with Crippen molar-refractivity contribution in [3.63, 3.8) is 0 Å². The third kappa shape index (κ3) is 5.24. The zero-order valence-corrected chi connectivity index (χ0v) is 12.7. The Morgan fingerprint density at radius 1 is 1.22 bits per heavy atom. The van der Waals surface area contributed by atoms with Crippen molar-refractivity contribution < 1.29 is 8.42 Å². The monoisotopic (exact) mass is 276 g/mol. The lowest BCUT2D eigenvalue weighted by Crippen LogP contribution is -2.43. The first-order valence-corrected chi connectivity index (χ1v) is 8.82. The molecule has 0 aromatic rings. The fraction of sp³-hybridized carbons (Fsp3) is 1.00. The highest BCUT2D eigenvalue weighted by Gasteiger charge is 2.27. The maximum atomic E-state index is 11.5. The average molecular weight is 276 g/mol. The van der Waals surface area contributed by atoms with E-state index < -0.39 is 10.0 Å². The van der Waals surface area contributed by atoms with Gasteiger partial charge in [-0.3, -0.25) is 0 Å². The molecule has 1 aliphatic rings. The summed E-state index contributed by atoms with van der Waals surface area (Å²) in [5.74, 6) is 1.55. The minimum atomic E-state index is -3.08. The highest BCUT2D eigenvalue weighted by molar-refractivity contribution is 7.89. The Bertz CT molecular complexity index is 328. The zero-order chi connectivity index (χ0) is 13.6. The Labute approximate surface area is 112 Å². The van der Waals surface area contributed by atoms with Crippen LogP contribution in [0.1, 0.15) is 46.5 Å². The SMILES string of the molecule is CCNS(=O)(=O)CCNC1CCCCC1C(C)C. The molecule has 18 heavy (non-hydrogen) atoms. The summed E-state index contributed by atoms with van der Waals surface area (Å²) in [6.07, 6.45) is 5.04. The van der Waals surface area contributed by atoms with Gasteiger partial charge in [-0.15, -0.1) is 0 Å². The first kappa shape index (κ1) is 15.9. The van der Waals surface area contributed by atoms with Crippen molar-refractivity contribution in [3.05, 3.63) is 0 Å². The van der Waals surface area contributed by atoms with Crippen LogP contribution in [0.25, 0.3) is 0 Å². The van der Waals surface area contributed by atoms with Crippen LogP contribution in [-0.4, -0.2) is 33.3 Å². The molecule has 4 nitrogen and oxygen atoms in total. The highest BCUT2D eigenvalue weighted by Crippen LogP contribution is 2.29. The van der Waals surface area contributed by atoms with Crippen molar-refractivity contribution in [1.29, 1.82) is 0 Å². The number of hydrogen-bond donors (Lipinski definition) is 2. The molecule has 108 valence electrons. The second kappa shape index (κ2) is 7.46. The topological polar surface area (TPSA) is 58.2 Å². The van der Waals surface area contributed by atoms with Crippen molar-refractivity contribution in [2.24, 2.45) is 11.8 Å². The van der Waals surface area contributed by atoms with Crippen LogP contribution in [0, 0.1) is 11.8 Å². The normalized spacial score (nSPS) is 25.6. The fourth-order valence-electron chi connectivity index (χ4n) is 2.88. The van der Waals surface area contributed by atoms with Crippen LogP contribution < -0.4 is 10.0 Å². The molecular weight excluding hydrogens is 248 g/mol. The predicted octanol–water partition coefficient (Wildman–Crippen LogP) is 1.73. The van der Waals surface area contributed by atoms with Gasteiger partial charge in [-0.2, -0.15) is 0 Å². The van der Waals surface area contributed by atoms with Gasteiger partial charge < -0.3 is 5.32 Å². The van der Waals surface area contributed by atoms with Crippen molar-refractivity contribution in [2.75, 3.05) is 18.8 Å². The smallest absolute Gasteiger partial charge is 0.212 e. The molecule has 2 unspecified atom stereocenters. The van der Waals surface area contributed by atoms with Crippen LogP contribution in [0.5, 0.6) is 0 Å². The molecule has 2 N–H and O–H groups in total. The Hall–Kier alpha value is -0.130. The standard InChI is InChI=1S/C13H28N2O2S/c1-4-15-18(16,17)10-9-14-13-8-6-5-7-12(13)11(2)3/h11-15H,4-10H2,1-3H3. The summed E-state index contributed by atoms with van der Waals surface area (Å²) in [6, 6.07) is 0.496. The molecule has 0 aromatic heterocycles. The van der Waals surface area contributed by atoms with Crippen molar-refractivity contribution >= 4 is 10.0 Å². The van der Waals surface area contributed by atoms with Crippen LogP contribution >= 0.6 is 0 Å². The maximum absolute atomic E-state index is 11.5. The highest BCUT2D eigenvalue weighted by atomic mass is 32.2. The fourth-order valence-corrected chi connectivity index (χ4v) is 3.85. The van der Waals surface area contributed by atoms with Gasteiger partial charge in [-0.1, -0.05) is 33.6 Å². The molecule has 1 rings (SSSR count). The van der Waals surface area contributed by atoms with Gasteiger partial charge in [-0.05, 0) is 24.7 Å². The minimum absolute atomic E-state index is 0.183. The van der Waals surface area contributed by atoms with Gasteiger partial charge in [-0.25, -0.2) is 13.1 Å². The molecule has 0 radical (unpaired) electrons. The first-order chi connectivity index (χ1) is 8.46. The van der Waals surface area contributed by atoms with E-state index >= 15 is 0 Å². The van der Waals surface area contributed by atoms with E-state index in [0.717, 1.165) is 0 Å². The van der Waals surface area contributed by atoms with Gasteiger partial charge in [0.05, 0.1) is 5.75 Å². The van der Waals surface area contributed by atoms with Crippen LogP contribution in [0.3, 0.4) is 0 Å². The number of hydrogen-bond acceptors (Lipinski definition) is 3. The van der Waals surface area contributed by atoms with E-state index in [9.17, 15) is 8.42 Å². The number of nitrogens with one attached hydrogen (secondary N) is 2. The molecule has 1 saturated carbocycles. The summed E-state index contributed by atoms with van der Waals surface area (Å²) >= 11 is 0. The molecule has 0 spiro atoms. The van der Waals surface area contributed by atoms with Crippen LogP contribution in [0.2, 0.25) is 0 Å². The molecule has 0 aliphatic heterocycles. The lowest BCUT2D eigenvalue weighted by atomic mass is 9.78. The number of sulfonamides is 1. The predicted molar refractivity (Wildman–Crippen MR) is 76.1 cm³/mol. The Morgan fingerprint density at radius 2 is 1.89 bits per heavy atom. The zero-order valence-electron chi connectivity index (χ0n) is 11.9. The summed E-state index contributed by atoms with van der Waals surface area (Å²) in [7, 11) is -3.08. The number of rotatable bonds is 7. The third-order valence-electron chi connectivity index (χ3n) is 3.82. The summed E-state index contributed by atoms with van der Waals surface area (Å²) in [5, 5.41) is 3.45. The Balaban J connectivity index is 2.37. The lowest BCUT2D eigenvalue weighted by molar-refractivity contribution is 0.208. The van der Waals surface area contributed by atoms with E-state index in [4.69, 9.17) is 0 Å². The third-order valence-corrected chi connectivity index (χ3v) is 5.29. The molecule has 1 fully saturated rings. The maximum Gasteiger partial charge on any atom is 0.212 e. The van der Waals surface area contributed by atoms with Crippen LogP contribution in [0.4, 0.5) is 0 Å². The summed E-state index contributed by atoms with van der Waals surface area (Å²) in [5.41, 5.74) is 0. The van der Waals surface area contributed by atoms with Gasteiger partial charge in [0.25, 0.3) is 0 Å². The van der Waals surface area contributed by atoms with Gasteiger partial charge in [0, 0.05) is 19.1 Å². The Kier molecular flexibility index (Phi) is 6.60. The van der Waals surface area contributed by atoms with Crippen molar-refractivity contribution in [2.45, 2.75) is 52.5 Å². The second-order valence-electron chi connectivity index (χ2n) is 5.57. The molecular formula is C13H28N2O2S. The van der Waals surface area contributed by atoms with E-state index in [-0.39, 0.29) is 5.75 Å². The molecule has 2 atom stereocenters. The van der Waals surface area contributed by atoms with Crippen molar-refractivity contribution in [3.8, 4) is 0 Å². The second-order valence-corrected chi connectivity index (χ2v) is 7.50. The van der Waals surface area contributed by atoms with Crippen LogP contribution in [0.15, 0.2) is 0 Å². The molecule has 0 bridgehead atoms.